The van der Waals surface area contributed by atoms with E-state index in [1.165, 1.54) is 4.90 Å². The van der Waals surface area contributed by atoms with E-state index in [-0.39, 0.29) is 17.0 Å². The second kappa shape index (κ2) is 8.26. The maximum absolute atomic E-state index is 12.8. The van der Waals surface area contributed by atoms with Crippen molar-refractivity contribution in [3.8, 4) is 0 Å². The van der Waals surface area contributed by atoms with E-state index >= 15 is 0 Å². The number of carbonyl (C=O) groups excluding carboxylic acids is 2. The standard InChI is InChI=1S/C22H23N3O4/c1-5-25-18-12-11-16(13-17(18)23-14(2)20(25)26)22(28)29-19(21(27)24(3)4)15-9-7-6-8-10-15/h6-13,19H,5H2,1-4H3/t19-/m0/s1. The van der Waals surface area contributed by atoms with Crippen molar-refractivity contribution in [1.82, 2.24) is 14.5 Å². The Kier molecular flexibility index (Phi) is 5.77. The van der Waals surface area contributed by atoms with E-state index in [0.29, 0.717) is 28.8 Å². The van der Waals surface area contributed by atoms with Gasteiger partial charge >= 0.3 is 5.97 Å². The highest BCUT2D eigenvalue weighted by atomic mass is 16.5. The van der Waals surface area contributed by atoms with Gasteiger partial charge in [-0.3, -0.25) is 9.59 Å². The summed E-state index contributed by atoms with van der Waals surface area (Å²) < 4.78 is 7.18. The van der Waals surface area contributed by atoms with Crippen LogP contribution in [0.15, 0.2) is 53.3 Å². The molecule has 7 nitrogen and oxygen atoms in total. The van der Waals surface area contributed by atoms with Crippen molar-refractivity contribution in [3.63, 3.8) is 0 Å². The van der Waals surface area contributed by atoms with Crippen LogP contribution in [0.3, 0.4) is 0 Å². The number of aromatic nitrogens is 2. The summed E-state index contributed by atoms with van der Waals surface area (Å²) in [5.41, 5.74) is 2.22. The van der Waals surface area contributed by atoms with Gasteiger partial charge in [0.2, 0.25) is 6.10 Å². The van der Waals surface area contributed by atoms with Gasteiger partial charge in [0, 0.05) is 26.2 Å². The number of benzene rings is 2. The predicted octanol–water partition coefficient (Wildman–Crippen LogP) is 2.71. The molecule has 0 saturated carbocycles. The van der Waals surface area contributed by atoms with Crippen LogP contribution in [0, 0.1) is 6.92 Å². The van der Waals surface area contributed by atoms with Crippen LogP contribution in [0.2, 0.25) is 0 Å². The molecule has 0 radical (unpaired) electrons. The van der Waals surface area contributed by atoms with E-state index in [1.807, 2.05) is 13.0 Å². The molecule has 0 aliphatic heterocycles. The van der Waals surface area contributed by atoms with Crippen LogP contribution >= 0.6 is 0 Å². The van der Waals surface area contributed by atoms with Crippen LogP contribution in [-0.2, 0) is 16.1 Å². The predicted molar refractivity (Wildman–Crippen MR) is 110 cm³/mol. The first-order valence-electron chi connectivity index (χ1n) is 9.31. The zero-order chi connectivity index (χ0) is 21.1. The van der Waals surface area contributed by atoms with Gasteiger partial charge in [-0.1, -0.05) is 30.3 Å². The monoisotopic (exact) mass is 393 g/mol. The van der Waals surface area contributed by atoms with E-state index in [2.05, 4.69) is 4.98 Å². The quantitative estimate of drug-likeness (QED) is 0.623. The Labute approximate surface area is 168 Å². The molecule has 0 aliphatic carbocycles. The van der Waals surface area contributed by atoms with E-state index < -0.39 is 12.1 Å². The van der Waals surface area contributed by atoms with Crippen molar-refractivity contribution in [2.45, 2.75) is 26.5 Å². The van der Waals surface area contributed by atoms with E-state index in [0.717, 1.165) is 0 Å². The molecule has 0 unspecified atom stereocenters. The van der Waals surface area contributed by atoms with Gasteiger partial charge in [-0.05, 0) is 32.0 Å². The third-order valence-corrected chi connectivity index (χ3v) is 4.65. The molecule has 1 heterocycles. The third kappa shape index (κ3) is 4.03. The summed E-state index contributed by atoms with van der Waals surface area (Å²) >= 11 is 0. The minimum atomic E-state index is -1.05. The van der Waals surface area contributed by atoms with Crippen molar-refractivity contribution >= 4 is 22.9 Å². The van der Waals surface area contributed by atoms with E-state index in [4.69, 9.17) is 4.74 Å². The van der Waals surface area contributed by atoms with Crippen molar-refractivity contribution in [1.29, 1.82) is 0 Å². The second-order valence-corrected chi connectivity index (χ2v) is 6.88. The van der Waals surface area contributed by atoms with Gasteiger partial charge in [0.25, 0.3) is 11.5 Å². The number of carbonyl (C=O) groups is 2. The fourth-order valence-electron chi connectivity index (χ4n) is 3.11. The summed E-state index contributed by atoms with van der Waals surface area (Å²) in [6.07, 6.45) is -1.05. The lowest BCUT2D eigenvalue weighted by Crippen LogP contribution is -2.31. The molecule has 0 N–H and O–H groups in total. The average molecular weight is 393 g/mol. The van der Waals surface area contributed by atoms with Crippen molar-refractivity contribution in [3.05, 3.63) is 75.7 Å². The summed E-state index contributed by atoms with van der Waals surface area (Å²) in [4.78, 5) is 43.3. The van der Waals surface area contributed by atoms with E-state index in [1.54, 1.807) is 68.1 Å². The Morgan fingerprint density at radius 1 is 1.14 bits per heavy atom. The van der Waals surface area contributed by atoms with Gasteiger partial charge in [-0.25, -0.2) is 9.78 Å². The SMILES string of the molecule is CCn1c(=O)c(C)nc2cc(C(=O)O[C@H](C(=O)N(C)C)c3ccccc3)ccc21. The lowest BCUT2D eigenvalue weighted by Gasteiger charge is -2.21. The number of likely N-dealkylation sites (N-methyl/N-ethyl adjacent to an activating group) is 1. The van der Waals surface area contributed by atoms with Crippen LogP contribution in [0.5, 0.6) is 0 Å². The maximum atomic E-state index is 12.8. The molecule has 0 saturated heterocycles. The number of rotatable bonds is 5. The number of hydrogen-bond acceptors (Lipinski definition) is 5. The minimum absolute atomic E-state index is 0.156. The molecule has 0 fully saturated rings. The highest BCUT2D eigenvalue weighted by Gasteiger charge is 2.27. The fraction of sp³-hybridized carbons (Fsp3) is 0.273. The number of fused-ring (bicyclic) bond motifs is 1. The first-order valence-corrected chi connectivity index (χ1v) is 9.31. The topological polar surface area (TPSA) is 81.5 Å². The third-order valence-electron chi connectivity index (χ3n) is 4.65. The smallest absolute Gasteiger partial charge is 0.339 e. The Hall–Kier alpha value is -3.48. The van der Waals surface area contributed by atoms with Crippen LogP contribution in [0.25, 0.3) is 11.0 Å². The number of ether oxygens (including phenoxy) is 1. The molecule has 3 aromatic rings. The maximum Gasteiger partial charge on any atom is 0.339 e. The molecule has 29 heavy (non-hydrogen) atoms. The van der Waals surface area contributed by atoms with Gasteiger partial charge in [-0.2, -0.15) is 0 Å². The number of aryl methyl sites for hydroxylation is 2. The zero-order valence-electron chi connectivity index (χ0n) is 16.9. The molecule has 3 rings (SSSR count). The average Bonchev–Trinajstić information content (AvgIpc) is 2.72. The highest BCUT2D eigenvalue weighted by Crippen LogP contribution is 2.22. The van der Waals surface area contributed by atoms with E-state index in [9.17, 15) is 14.4 Å². The Morgan fingerprint density at radius 3 is 2.45 bits per heavy atom. The van der Waals surface area contributed by atoms with Crippen LogP contribution in [0.1, 0.15) is 34.6 Å². The molecule has 1 atom stereocenters. The zero-order valence-corrected chi connectivity index (χ0v) is 16.9. The van der Waals surface area contributed by atoms with Gasteiger partial charge in [0.1, 0.15) is 5.69 Å². The minimum Gasteiger partial charge on any atom is -0.444 e. The second-order valence-electron chi connectivity index (χ2n) is 6.88. The Balaban J connectivity index is 1.98. The lowest BCUT2D eigenvalue weighted by molar-refractivity contribution is -0.138. The Bertz CT molecular complexity index is 1120. The van der Waals surface area contributed by atoms with Crippen LogP contribution in [0.4, 0.5) is 0 Å². The largest absolute Gasteiger partial charge is 0.444 e. The van der Waals surface area contributed by atoms with Crippen LogP contribution in [-0.4, -0.2) is 40.4 Å². The summed E-state index contributed by atoms with van der Waals surface area (Å²) in [6, 6.07) is 13.7. The number of esters is 1. The molecule has 2 aromatic carbocycles. The molecule has 7 heteroatoms. The summed E-state index contributed by atoms with van der Waals surface area (Å²) in [7, 11) is 3.22. The van der Waals surface area contributed by atoms with Gasteiger partial charge in [0.05, 0.1) is 16.6 Å². The summed E-state index contributed by atoms with van der Waals surface area (Å²) in [5, 5.41) is 0. The molecular weight excluding hydrogens is 370 g/mol. The first kappa shape index (κ1) is 20.3. The molecule has 0 spiro atoms. The molecular formula is C22H23N3O4. The number of hydrogen-bond donors (Lipinski definition) is 0. The molecule has 150 valence electrons. The molecule has 1 aromatic heterocycles. The van der Waals surface area contributed by atoms with Crippen molar-refractivity contribution in [2.75, 3.05) is 14.1 Å². The first-order chi connectivity index (χ1) is 13.8. The van der Waals surface area contributed by atoms with Crippen molar-refractivity contribution in [2.24, 2.45) is 0 Å². The number of nitrogens with zero attached hydrogens (tertiary/aromatic N) is 3. The lowest BCUT2D eigenvalue weighted by atomic mass is 10.1. The van der Waals surface area contributed by atoms with Gasteiger partial charge in [0.15, 0.2) is 0 Å². The Morgan fingerprint density at radius 2 is 1.83 bits per heavy atom. The van der Waals surface area contributed by atoms with Crippen LogP contribution < -0.4 is 5.56 Å². The summed E-state index contributed by atoms with van der Waals surface area (Å²) in [5.74, 6) is -0.969. The molecule has 0 bridgehead atoms. The van der Waals surface area contributed by atoms with Gasteiger partial charge in [-0.15, -0.1) is 0 Å². The molecule has 1 amide bonds. The van der Waals surface area contributed by atoms with Gasteiger partial charge < -0.3 is 14.2 Å². The number of amides is 1. The summed E-state index contributed by atoms with van der Waals surface area (Å²) in [6.45, 7) is 4.01. The highest BCUT2D eigenvalue weighted by molar-refractivity contribution is 5.95. The fourth-order valence-corrected chi connectivity index (χ4v) is 3.11. The normalized spacial score (nSPS) is 11.9. The molecule has 0 aliphatic rings. The van der Waals surface area contributed by atoms with Crippen molar-refractivity contribution < 1.29 is 14.3 Å².